The molecule has 0 bridgehead atoms. The van der Waals surface area contributed by atoms with Crippen LogP contribution in [0.25, 0.3) is 0 Å². The maximum Gasteiger partial charge on any atom is 0.305 e. The minimum atomic E-state index is -0.802. The summed E-state index contributed by atoms with van der Waals surface area (Å²) >= 11 is 1.53. The zero-order valence-corrected chi connectivity index (χ0v) is 10.9. The van der Waals surface area contributed by atoms with Crippen molar-refractivity contribution in [1.82, 2.24) is 4.98 Å². The van der Waals surface area contributed by atoms with Gasteiger partial charge in [-0.1, -0.05) is 18.2 Å². The summed E-state index contributed by atoms with van der Waals surface area (Å²) in [5.41, 5.74) is 1.92. The van der Waals surface area contributed by atoms with Crippen LogP contribution < -0.4 is 4.90 Å². The van der Waals surface area contributed by atoms with Crippen LogP contribution in [-0.2, 0) is 4.79 Å². The molecule has 0 fully saturated rings. The third-order valence-electron chi connectivity index (χ3n) is 2.45. The molecule has 0 saturated carbocycles. The van der Waals surface area contributed by atoms with E-state index in [9.17, 15) is 4.79 Å². The van der Waals surface area contributed by atoms with Crippen LogP contribution in [-0.4, -0.2) is 22.6 Å². The van der Waals surface area contributed by atoms with E-state index < -0.39 is 5.97 Å². The van der Waals surface area contributed by atoms with Gasteiger partial charge in [0.2, 0.25) is 0 Å². The zero-order chi connectivity index (χ0) is 13.0. The minimum Gasteiger partial charge on any atom is -0.481 e. The number of anilines is 2. The lowest BCUT2D eigenvalue weighted by atomic mass is 10.3. The minimum absolute atomic E-state index is 0.0908. The van der Waals surface area contributed by atoms with Gasteiger partial charge in [0.05, 0.1) is 12.1 Å². The van der Waals surface area contributed by atoms with Gasteiger partial charge in [-0.15, -0.1) is 11.3 Å². The molecule has 2 aromatic rings. The zero-order valence-electron chi connectivity index (χ0n) is 10.0. The number of aryl methyl sites for hydroxylation is 1. The molecule has 0 unspecified atom stereocenters. The number of carbonyl (C=O) groups is 1. The quantitative estimate of drug-likeness (QED) is 0.899. The number of nitrogens with zero attached hydrogens (tertiary/aromatic N) is 2. The smallest absolute Gasteiger partial charge is 0.305 e. The van der Waals surface area contributed by atoms with E-state index in [2.05, 4.69) is 4.98 Å². The van der Waals surface area contributed by atoms with Crippen molar-refractivity contribution in [2.45, 2.75) is 13.3 Å². The molecule has 18 heavy (non-hydrogen) atoms. The fraction of sp³-hybridized carbons (Fsp3) is 0.231. The van der Waals surface area contributed by atoms with E-state index >= 15 is 0 Å². The fourth-order valence-electron chi connectivity index (χ4n) is 1.62. The maximum atomic E-state index is 10.7. The van der Waals surface area contributed by atoms with Crippen molar-refractivity contribution >= 4 is 28.1 Å². The van der Waals surface area contributed by atoms with Gasteiger partial charge in [0.1, 0.15) is 0 Å². The fourth-order valence-corrected chi connectivity index (χ4v) is 2.47. The van der Waals surface area contributed by atoms with Gasteiger partial charge in [-0.25, -0.2) is 4.98 Å². The molecule has 94 valence electrons. The normalized spacial score (nSPS) is 10.3. The summed E-state index contributed by atoms with van der Waals surface area (Å²) in [4.78, 5) is 17.1. The second-order valence-electron chi connectivity index (χ2n) is 3.90. The Morgan fingerprint density at radius 1 is 1.39 bits per heavy atom. The first-order valence-electron chi connectivity index (χ1n) is 5.63. The lowest BCUT2D eigenvalue weighted by Crippen LogP contribution is -2.20. The molecule has 5 heteroatoms. The van der Waals surface area contributed by atoms with E-state index in [-0.39, 0.29) is 6.42 Å². The van der Waals surface area contributed by atoms with Gasteiger partial charge in [0.15, 0.2) is 5.13 Å². The summed E-state index contributed by atoms with van der Waals surface area (Å²) in [7, 11) is 0. The van der Waals surface area contributed by atoms with E-state index in [1.165, 1.54) is 11.3 Å². The van der Waals surface area contributed by atoms with Crippen LogP contribution in [0.1, 0.15) is 12.1 Å². The topological polar surface area (TPSA) is 53.4 Å². The molecule has 4 nitrogen and oxygen atoms in total. The predicted octanol–water partition coefficient (Wildman–Crippen LogP) is 3.06. The third-order valence-corrected chi connectivity index (χ3v) is 3.44. The van der Waals surface area contributed by atoms with Crippen molar-refractivity contribution in [3.8, 4) is 0 Å². The molecule has 1 N–H and O–H groups in total. The van der Waals surface area contributed by atoms with Gasteiger partial charge >= 0.3 is 5.97 Å². The van der Waals surface area contributed by atoms with E-state index in [1.54, 1.807) is 0 Å². The number of rotatable bonds is 5. The van der Waals surface area contributed by atoms with Crippen LogP contribution in [0, 0.1) is 6.92 Å². The molecule has 1 heterocycles. The highest BCUT2D eigenvalue weighted by Crippen LogP contribution is 2.28. The van der Waals surface area contributed by atoms with Crippen molar-refractivity contribution < 1.29 is 9.90 Å². The molecule has 2 rings (SSSR count). The van der Waals surface area contributed by atoms with Crippen molar-refractivity contribution in [3.05, 3.63) is 41.4 Å². The van der Waals surface area contributed by atoms with E-state index in [4.69, 9.17) is 5.11 Å². The Bertz CT molecular complexity index is 525. The monoisotopic (exact) mass is 262 g/mol. The first kappa shape index (κ1) is 12.6. The molecule has 0 atom stereocenters. The van der Waals surface area contributed by atoms with Crippen molar-refractivity contribution in [3.63, 3.8) is 0 Å². The molecule has 0 radical (unpaired) electrons. The molecule has 1 aromatic heterocycles. The van der Waals surface area contributed by atoms with E-state index in [1.807, 2.05) is 47.5 Å². The molecule has 0 aliphatic heterocycles. The van der Waals surface area contributed by atoms with Gasteiger partial charge in [0, 0.05) is 17.6 Å². The number of para-hydroxylation sites is 1. The number of carboxylic acid groups (broad SMARTS) is 1. The Balaban J connectivity index is 2.26. The van der Waals surface area contributed by atoms with Gasteiger partial charge in [-0.05, 0) is 19.1 Å². The van der Waals surface area contributed by atoms with Gasteiger partial charge < -0.3 is 10.0 Å². The Labute approximate surface area is 110 Å². The summed E-state index contributed by atoms with van der Waals surface area (Å²) in [5.74, 6) is -0.802. The van der Waals surface area contributed by atoms with Crippen LogP contribution >= 0.6 is 11.3 Å². The summed E-state index contributed by atoms with van der Waals surface area (Å²) < 4.78 is 0. The largest absolute Gasteiger partial charge is 0.481 e. The second kappa shape index (κ2) is 5.64. The molecule has 0 amide bonds. The molecular formula is C13H14N2O2S. The van der Waals surface area contributed by atoms with Gasteiger partial charge in [-0.2, -0.15) is 0 Å². The highest BCUT2D eigenvalue weighted by Gasteiger charge is 2.13. The number of aromatic nitrogens is 1. The average molecular weight is 262 g/mol. The van der Waals surface area contributed by atoms with Crippen molar-refractivity contribution in [2.24, 2.45) is 0 Å². The summed E-state index contributed by atoms with van der Waals surface area (Å²) in [6.07, 6.45) is 0.0908. The summed E-state index contributed by atoms with van der Waals surface area (Å²) in [6.45, 7) is 2.35. The van der Waals surface area contributed by atoms with Crippen LogP contribution in [0.15, 0.2) is 35.7 Å². The van der Waals surface area contributed by atoms with Crippen molar-refractivity contribution in [1.29, 1.82) is 0 Å². The van der Waals surface area contributed by atoms with Gasteiger partial charge in [0.25, 0.3) is 0 Å². The summed E-state index contributed by atoms with van der Waals surface area (Å²) in [6, 6.07) is 9.72. The highest BCUT2D eigenvalue weighted by molar-refractivity contribution is 7.13. The Morgan fingerprint density at radius 2 is 2.11 bits per heavy atom. The molecule has 0 spiro atoms. The molecule has 1 aromatic carbocycles. The summed E-state index contributed by atoms with van der Waals surface area (Å²) in [5, 5.41) is 11.6. The number of thiazole rings is 1. The predicted molar refractivity (Wildman–Crippen MR) is 72.6 cm³/mol. The Hall–Kier alpha value is -1.88. The number of hydrogen-bond acceptors (Lipinski definition) is 4. The highest BCUT2D eigenvalue weighted by atomic mass is 32.1. The first-order chi connectivity index (χ1) is 8.66. The molecular weight excluding hydrogens is 248 g/mol. The molecule has 0 aliphatic rings. The Morgan fingerprint density at radius 3 is 2.67 bits per heavy atom. The lowest BCUT2D eigenvalue weighted by molar-refractivity contribution is -0.136. The Kier molecular flexibility index (Phi) is 3.94. The maximum absolute atomic E-state index is 10.7. The van der Waals surface area contributed by atoms with Crippen LogP contribution in [0.5, 0.6) is 0 Å². The molecule has 0 saturated heterocycles. The number of benzene rings is 1. The van der Waals surface area contributed by atoms with Crippen LogP contribution in [0.4, 0.5) is 10.8 Å². The van der Waals surface area contributed by atoms with E-state index in [0.717, 1.165) is 16.5 Å². The van der Waals surface area contributed by atoms with Crippen molar-refractivity contribution in [2.75, 3.05) is 11.4 Å². The van der Waals surface area contributed by atoms with Crippen LogP contribution in [0.3, 0.4) is 0 Å². The van der Waals surface area contributed by atoms with Gasteiger partial charge in [-0.3, -0.25) is 4.79 Å². The number of hydrogen-bond donors (Lipinski definition) is 1. The molecule has 0 aliphatic carbocycles. The second-order valence-corrected chi connectivity index (χ2v) is 4.74. The first-order valence-corrected chi connectivity index (χ1v) is 6.51. The van der Waals surface area contributed by atoms with E-state index in [0.29, 0.717) is 6.54 Å². The number of aliphatic carboxylic acids is 1. The average Bonchev–Trinajstić information content (AvgIpc) is 2.77. The SMILES string of the molecule is Cc1csc(N(CCC(=O)O)c2ccccc2)n1. The lowest BCUT2D eigenvalue weighted by Gasteiger charge is -2.21. The van der Waals surface area contributed by atoms with Crippen LogP contribution in [0.2, 0.25) is 0 Å². The standard InChI is InChI=1S/C13H14N2O2S/c1-10-9-18-13(14-10)15(8-7-12(16)17)11-5-3-2-4-6-11/h2-6,9H,7-8H2,1H3,(H,16,17). The number of carboxylic acids is 1. The third kappa shape index (κ3) is 3.07.